The van der Waals surface area contributed by atoms with Crippen molar-refractivity contribution in [2.45, 2.75) is 0 Å². The van der Waals surface area contributed by atoms with Gasteiger partial charge in [-0.1, -0.05) is 5.22 Å². The highest BCUT2D eigenvalue weighted by Crippen LogP contribution is 2.13. The second-order valence-electron chi connectivity index (χ2n) is 2.97. The highest BCUT2D eigenvalue weighted by molar-refractivity contribution is 5.77. The normalized spacial score (nSPS) is 10.1. The molecule has 0 fully saturated rings. The Morgan fingerprint density at radius 3 is 2.62 bits per heavy atom. The molecule has 0 aliphatic rings. The van der Waals surface area contributed by atoms with E-state index in [2.05, 4.69) is 10.3 Å². The lowest BCUT2D eigenvalue weighted by atomic mass is 10.2. The Bertz CT molecular complexity index is 432. The van der Waals surface area contributed by atoms with E-state index in [0.29, 0.717) is 11.3 Å². The molecule has 0 spiro atoms. The Labute approximate surface area is 93.0 Å². The Balaban J connectivity index is 2.70. The van der Waals surface area contributed by atoms with Crippen LogP contribution in [0.2, 0.25) is 0 Å². The van der Waals surface area contributed by atoms with Crippen LogP contribution in [-0.4, -0.2) is 24.5 Å². The molecule has 0 atom stereocenters. The number of hydrogen-bond donors (Lipinski definition) is 1. The summed E-state index contributed by atoms with van der Waals surface area (Å²) in [7, 11) is 1.47. The molecule has 0 aromatic heterocycles. The summed E-state index contributed by atoms with van der Waals surface area (Å²) in [6.45, 7) is -0.108. The van der Waals surface area contributed by atoms with Crippen LogP contribution >= 0.6 is 0 Å². The third-order valence-corrected chi connectivity index (χ3v) is 1.83. The van der Waals surface area contributed by atoms with Crippen molar-refractivity contribution < 1.29 is 4.79 Å². The molecule has 0 unspecified atom stereocenters. The van der Waals surface area contributed by atoms with Gasteiger partial charge >= 0.3 is 0 Å². The summed E-state index contributed by atoms with van der Waals surface area (Å²) in [6.07, 6.45) is 0. The van der Waals surface area contributed by atoms with E-state index in [-0.39, 0.29) is 12.5 Å². The topological polar surface area (TPSA) is 94.8 Å². The third-order valence-electron chi connectivity index (χ3n) is 1.83. The molecule has 0 saturated heterocycles. The molecule has 6 nitrogen and oxygen atoms in total. The average molecular weight is 217 g/mol. The van der Waals surface area contributed by atoms with E-state index in [1.807, 2.05) is 6.07 Å². The van der Waals surface area contributed by atoms with Crippen molar-refractivity contribution in [2.75, 3.05) is 13.6 Å². The number of nitrogens with two attached hydrogens (primary N) is 1. The van der Waals surface area contributed by atoms with E-state index in [0.717, 1.165) is 5.01 Å². The summed E-state index contributed by atoms with van der Waals surface area (Å²) in [4.78, 5) is 11.0. The molecule has 0 bridgehead atoms. The minimum Gasteiger partial charge on any atom is -0.322 e. The standard InChI is InChI=1S/C10H11N5O/c1-15(10(16)7-12)14-13-9-4-2-8(6-11)3-5-9/h2-5H,7,12H2,1H3. The van der Waals surface area contributed by atoms with Gasteiger partial charge in [-0.3, -0.25) is 4.79 Å². The molecular weight excluding hydrogens is 206 g/mol. The van der Waals surface area contributed by atoms with Gasteiger partial charge in [0.15, 0.2) is 0 Å². The lowest BCUT2D eigenvalue weighted by molar-refractivity contribution is -0.128. The summed E-state index contributed by atoms with van der Waals surface area (Å²) in [5.74, 6) is -0.322. The maximum atomic E-state index is 11.0. The first-order valence-electron chi connectivity index (χ1n) is 4.56. The average Bonchev–Trinajstić information content (AvgIpc) is 2.35. The predicted molar refractivity (Wildman–Crippen MR) is 57.5 cm³/mol. The maximum Gasteiger partial charge on any atom is 0.257 e. The zero-order valence-electron chi connectivity index (χ0n) is 8.79. The van der Waals surface area contributed by atoms with Gasteiger partial charge in [-0.05, 0) is 24.3 Å². The second kappa shape index (κ2) is 5.58. The van der Waals surface area contributed by atoms with Crippen molar-refractivity contribution in [3.8, 4) is 6.07 Å². The number of amides is 1. The smallest absolute Gasteiger partial charge is 0.257 e. The number of carbonyl (C=O) groups excluding carboxylic acids is 1. The van der Waals surface area contributed by atoms with Crippen LogP contribution in [0.5, 0.6) is 0 Å². The number of likely N-dealkylation sites (N-methyl/N-ethyl adjacent to an activating group) is 1. The fourth-order valence-electron chi connectivity index (χ4n) is 0.903. The van der Waals surface area contributed by atoms with Crippen LogP contribution in [0.3, 0.4) is 0 Å². The Morgan fingerprint density at radius 2 is 2.12 bits per heavy atom. The van der Waals surface area contributed by atoms with Gasteiger partial charge in [-0.2, -0.15) is 5.26 Å². The molecule has 0 aliphatic heterocycles. The van der Waals surface area contributed by atoms with Crippen LogP contribution in [0.1, 0.15) is 5.56 Å². The Hall–Kier alpha value is -2.26. The minimum atomic E-state index is -0.322. The summed E-state index contributed by atoms with van der Waals surface area (Å²) < 4.78 is 0. The molecule has 1 rings (SSSR count). The van der Waals surface area contributed by atoms with Gasteiger partial charge in [-0.15, -0.1) is 5.11 Å². The van der Waals surface area contributed by atoms with E-state index < -0.39 is 0 Å². The number of nitriles is 1. The second-order valence-corrected chi connectivity index (χ2v) is 2.97. The van der Waals surface area contributed by atoms with Crippen LogP contribution < -0.4 is 5.73 Å². The van der Waals surface area contributed by atoms with E-state index >= 15 is 0 Å². The summed E-state index contributed by atoms with van der Waals surface area (Å²) in [5, 5.41) is 17.1. The van der Waals surface area contributed by atoms with Crippen LogP contribution in [0.25, 0.3) is 0 Å². The van der Waals surface area contributed by atoms with Crippen molar-refractivity contribution in [1.82, 2.24) is 5.01 Å². The quantitative estimate of drug-likeness (QED) is 0.603. The van der Waals surface area contributed by atoms with E-state index in [1.165, 1.54) is 7.05 Å². The zero-order valence-corrected chi connectivity index (χ0v) is 8.79. The van der Waals surface area contributed by atoms with Crippen LogP contribution in [0, 0.1) is 11.3 Å². The van der Waals surface area contributed by atoms with Gasteiger partial charge in [0.05, 0.1) is 23.9 Å². The highest BCUT2D eigenvalue weighted by Gasteiger charge is 2.03. The maximum absolute atomic E-state index is 11.0. The number of benzene rings is 1. The summed E-state index contributed by atoms with van der Waals surface area (Å²) >= 11 is 0. The number of hydrogen-bond acceptors (Lipinski definition) is 5. The lowest BCUT2D eigenvalue weighted by Crippen LogP contribution is -2.27. The Kier molecular flexibility index (Phi) is 4.12. The monoisotopic (exact) mass is 217 g/mol. The molecule has 0 heterocycles. The molecule has 1 aromatic rings. The van der Waals surface area contributed by atoms with Gasteiger partial charge in [0.25, 0.3) is 5.91 Å². The van der Waals surface area contributed by atoms with Crippen LogP contribution in [0.4, 0.5) is 5.69 Å². The van der Waals surface area contributed by atoms with Crippen molar-refractivity contribution in [3.05, 3.63) is 29.8 Å². The number of nitrogens with zero attached hydrogens (tertiary/aromatic N) is 4. The predicted octanol–water partition coefficient (Wildman–Crippen LogP) is 0.974. The SMILES string of the molecule is CN(N=Nc1ccc(C#N)cc1)C(=O)CN. The van der Waals surface area contributed by atoms with Crippen molar-refractivity contribution >= 4 is 11.6 Å². The molecule has 0 aliphatic carbocycles. The summed E-state index contributed by atoms with van der Waals surface area (Å²) in [6, 6.07) is 8.52. The first-order chi connectivity index (χ1) is 7.67. The van der Waals surface area contributed by atoms with Crippen molar-refractivity contribution in [1.29, 1.82) is 5.26 Å². The molecular formula is C10H11N5O. The van der Waals surface area contributed by atoms with Crippen molar-refractivity contribution in [3.63, 3.8) is 0 Å². The van der Waals surface area contributed by atoms with Crippen LogP contribution in [0.15, 0.2) is 34.6 Å². The third kappa shape index (κ3) is 3.15. The number of carbonyl (C=O) groups is 1. The molecule has 1 aromatic carbocycles. The van der Waals surface area contributed by atoms with Gasteiger partial charge in [0, 0.05) is 7.05 Å². The molecule has 2 N–H and O–H groups in total. The molecule has 0 radical (unpaired) electrons. The molecule has 16 heavy (non-hydrogen) atoms. The van der Waals surface area contributed by atoms with Gasteiger partial charge in [0.2, 0.25) is 0 Å². The lowest BCUT2D eigenvalue weighted by Gasteiger charge is -2.06. The molecule has 82 valence electrons. The molecule has 1 amide bonds. The fraction of sp³-hybridized carbons (Fsp3) is 0.200. The summed E-state index contributed by atoms with van der Waals surface area (Å²) in [5.41, 5.74) is 6.26. The molecule has 0 saturated carbocycles. The van der Waals surface area contributed by atoms with E-state index in [4.69, 9.17) is 11.0 Å². The minimum absolute atomic E-state index is 0.108. The highest BCUT2D eigenvalue weighted by atomic mass is 16.2. The van der Waals surface area contributed by atoms with Gasteiger partial charge in [0.1, 0.15) is 0 Å². The van der Waals surface area contributed by atoms with Crippen molar-refractivity contribution in [2.24, 2.45) is 16.1 Å². The Morgan fingerprint density at radius 1 is 1.50 bits per heavy atom. The van der Waals surface area contributed by atoms with E-state index in [9.17, 15) is 4.79 Å². The molecule has 6 heteroatoms. The first kappa shape index (κ1) is 11.8. The van der Waals surface area contributed by atoms with Crippen LogP contribution in [-0.2, 0) is 4.79 Å². The van der Waals surface area contributed by atoms with E-state index in [1.54, 1.807) is 24.3 Å². The zero-order chi connectivity index (χ0) is 12.0. The number of rotatable bonds is 3. The fourth-order valence-corrected chi connectivity index (χ4v) is 0.903. The van der Waals surface area contributed by atoms with Gasteiger partial charge in [-0.25, -0.2) is 5.01 Å². The van der Waals surface area contributed by atoms with Gasteiger partial charge < -0.3 is 5.73 Å². The first-order valence-corrected chi connectivity index (χ1v) is 4.56. The largest absolute Gasteiger partial charge is 0.322 e.